The Morgan fingerprint density at radius 3 is 2.45 bits per heavy atom. The summed E-state index contributed by atoms with van der Waals surface area (Å²) in [6, 6.07) is 15.6. The van der Waals surface area contributed by atoms with Gasteiger partial charge < -0.3 is 9.97 Å². The van der Waals surface area contributed by atoms with Gasteiger partial charge in [0.2, 0.25) is 5.78 Å². The Bertz CT molecular complexity index is 757. The van der Waals surface area contributed by atoms with Crippen LogP contribution in [0.25, 0.3) is 0 Å². The van der Waals surface area contributed by atoms with E-state index in [4.69, 9.17) is 0 Å². The minimum absolute atomic E-state index is 0.0255. The first kappa shape index (κ1) is 14.7. The molecular weight excluding hydrogens is 292 g/mol. The number of benzene rings is 1. The van der Waals surface area contributed by atoms with Gasteiger partial charge >= 0.3 is 0 Å². The van der Waals surface area contributed by atoms with Crippen molar-refractivity contribution in [2.45, 2.75) is 12.2 Å². The predicted molar refractivity (Wildman–Crippen MR) is 91.6 cm³/mol. The van der Waals surface area contributed by atoms with Crippen molar-refractivity contribution in [2.75, 3.05) is 6.26 Å². The van der Waals surface area contributed by atoms with Gasteiger partial charge in [-0.1, -0.05) is 29.8 Å². The minimum Gasteiger partial charge on any atom is -0.364 e. The first-order valence-electron chi connectivity index (χ1n) is 7.15. The van der Waals surface area contributed by atoms with Gasteiger partial charge in [0.25, 0.3) is 0 Å². The lowest BCUT2D eigenvalue weighted by molar-refractivity contribution is 0.103. The first-order valence-corrected chi connectivity index (χ1v) is 8.44. The fraction of sp³-hybridized carbons (Fsp3) is 0.167. The Labute approximate surface area is 134 Å². The number of ketones is 1. The van der Waals surface area contributed by atoms with E-state index in [0.717, 1.165) is 17.0 Å². The maximum Gasteiger partial charge on any atom is 0.209 e. The van der Waals surface area contributed by atoms with Crippen LogP contribution in [0.1, 0.15) is 38.3 Å². The van der Waals surface area contributed by atoms with Gasteiger partial charge in [0.1, 0.15) is 0 Å². The molecule has 0 radical (unpaired) electrons. The van der Waals surface area contributed by atoms with Crippen molar-refractivity contribution in [2.24, 2.45) is 0 Å². The summed E-state index contributed by atoms with van der Waals surface area (Å²) in [5, 5.41) is 0.176. The van der Waals surface area contributed by atoms with Crippen LogP contribution in [0.2, 0.25) is 0 Å². The number of carbonyl (C=O) groups excluding carboxylic acids is 1. The Balaban J connectivity index is 1.87. The summed E-state index contributed by atoms with van der Waals surface area (Å²) in [5.74, 6) is 0.0255. The van der Waals surface area contributed by atoms with E-state index in [1.165, 1.54) is 0 Å². The maximum absolute atomic E-state index is 12.5. The van der Waals surface area contributed by atoms with Crippen molar-refractivity contribution in [3.8, 4) is 0 Å². The second-order valence-corrected chi connectivity index (χ2v) is 6.21. The van der Waals surface area contributed by atoms with Crippen LogP contribution in [-0.4, -0.2) is 22.0 Å². The van der Waals surface area contributed by atoms with Gasteiger partial charge in [0.15, 0.2) is 0 Å². The van der Waals surface area contributed by atoms with Gasteiger partial charge in [-0.05, 0) is 37.4 Å². The molecule has 0 fully saturated rings. The molecule has 3 aromatic rings. The lowest BCUT2D eigenvalue weighted by Crippen LogP contribution is -2.03. The van der Waals surface area contributed by atoms with E-state index < -0.39 is 0 Å². The van der Waals surface area contributed by atoms with Crippen LogP contribution in [0, 0.1) is 6.92 Å². The molecule has 2 heterocycles. The molecule has 22 heavy (non-hydrogen) atoms. The highest BCUT2D eigenvalue weighted by Crippen LogP contribution is 2.32. The average molecular weight is 310 g/mol. The van der Waals surface area contributed by atoms with Crippen LogP contribution in [0.4, 0.5) is 0 Å². The molecule has 1 unspecified atom stereocenters. The molecule has 0 saturated heterocycles. The topological polar surface area (TPSA) is 48.6 Å². The highest BCUT2D eigenvalue weighted by molar-refractivity contribution is 7.99. The number of rotatable bonds is 5. The van der Waals surface area contributed by atoms with Gasteiger partial charge in [-0.15, -0.1) is 11.8 Å². The summed E-state index contributed by atoms with van der Waals surface area (Å²) in [7, 11) is 0. The van der Waals surface area contributed by atoms with Crippen molar-refractivity contribution >= 4 is 17.5 Å². The molecule has 0 bridgehead atoms. The normalized spacial score (nSPS) is 12.3. The second kappa shape index (κ2) is 6.28. The van der Waals surface area contributed by atoms with Crippen LogP contribution < -0.4 is 0 Å². The summed E-state index contributed by atoms with van der Waals surface area (Å²) in [6.07, 6.45) is 3.98. The molecule has 0 amide bonds. The number of nitrogens with one attached hydrogen (secondary N) is 2. The van der Waals surface area contributed by atoms with Crippen molar-refractivity contribution in [1.82, 2.24) is 9.97 Å². The molecule has 2 aromatic heterocycles. The molecule has 4 heteroatoms. The molecule has 3 nitrogen and oxygen atoms in total. The van der Waals surface area contributed by atoms with Crippen LogP contribution in [0.3, 0.4) is 0 Å². The Kier molecular flexibility index (Phi) is 4.20. The van der Waals surface area contributed by atoms with E-state index in [2.05, 4.69) is 22.3 Å². The van der Waals surface area contributed by atoms with Gasteiger partial charge in [0, 0.05) is 23.1 Å². The van der Waals surface area contributed by atoms with Gasteiger partial charge in [-0.25, -0.2) is 0 Å². The smallest absolute Gasteiger partial charge is 0.209 e. The number of hydrogen-bond acceptors (Lipinski definition) is 2. The Morgan fingerprint density at radius 2 is 1.82 bits per heavy atom. The van der Waals surface area contributed by atoms with Crippen molar-refractivity contribution < 1.29 is 4.79 Å². The number of hydrogen-bond donors (Lipinski definition) is 2. The van der Waals surface area contributed by atoms with E-state index in [1.54, 1.807) is 11.8 Å². The largest absolute Gasteiger partial charge is 0.364 e. The summed E-state index contributed by atoms with van der Waals surface area (Å²) >= 11 is 1.73. The molecule has 1 atom stereocenters. The fourth-order valence-corrected chi connectivity index (χ4v) is 3.28. The SMILES string of the molecule is CSC(c1ccc[nH]1)c1ccc(C(=O)c2ccc(C)cc2)[nH]1. The quantitative estimate of drug-likeness (QED) is 0.689. The zero-order valence-corrected chi connectivity index (χ0v) is 13.4. The standard InChI is InChI=1S/C18H18N2OS/c1-12-5-7-13(8-6-12)17(21)14-9-10-16(20-14)18(22-2)15-4-3-11-19-15/h3-11,18-20H,1-2H3. The van der Waals surface area contributed by atoms with Gasteiger partial charge in [-0.3, -0.25) is 4.79 Å². The van der Waals surface area contributed by atoms with Crippen LogP contribution in [0.15, 0.2) is 54.7 Å². The van der Waals surface area contributed by atoms with Crippen molar-refractivity contribution in [3.63, 3.8) is 0 Å². The van der Waals surface area contributed by atoms with E-state index in [-0.39, 0.29) is 11.0 Å². The van der Waals surface area contributed by atoms with E-state index >= 15 is 0 Å². The summed E-state index contributed by atoms with van der Waals surface area (Å²) in [5.41, 5.74) is 4.65. The molecule has 0 spiro atoms. The maximum atomic E-state index is 12.5. The zero-order valence-electron chi connectivity index (χ0n) is 12.6. The van der Waals surface area contributed by atoms with Gasteiger partial charge in [-0.2, -0.15) is 0 Å². The van der Waals surface area contributed by atoms with Crippen LogP contribution >= 0.6 is 11.8 Å². The Morgan fingerprint density at radius 1 is 1.05 bits per heavy atom. The lowest BCUT2D eigenvalue weighted by atomic mass is 10.1. The van der Waals surface area contributed by atoms with E-state index in [9.17, 15) is 4.79 Å². The van der Waals surface area contributed by atoms with Gasteiger partial charge in [0.05, 0.1) is 10.9 Å². The molecule has 2 N–H and O–H groups in total. The average Bonchev–Trinajstić information content (AvgIpc) is 3.20. The molecule has 3 rings (SSSR count). The third-order valence-electron chi connectivity index (χ3n) is 3.69. The molecule has 112 valence electrons. The number of aryl methyl sites for hydroxylation is 1. The minimum atomic E-state index is 0.0255. The molecule has 0 aliphatic carbocycles. The van der Waals surface area contributed by atoms with Crippen LogP contribution in [0.5, 0.6) is 0 Å². The van der Waals surface area contributed by atoms with E-state index in [1.807, 2.05) is 55.6 Å². The third kappa shape index (κ3) is 2.88. The Hall–Kier alpha value is -2.20. The summed E-state index contributed by atoms with van der Waals surface area (Å²) < 4.78 is 0. The number of thioether (sulfide) groups is 1. The number of aromatic amines is 2. The molecule has 1 aromatic carbocycles. The van der Waals surface area contributed by atoms with E-state index in [0.29, 0.717) is 11.3 Å². The lowest BCUT2D eigenvalue weighted by Gasteiger charge is -2.11. The zero-order chi connectivity index (χ0) is 15.5. The molecule has 0 saturated carbocycles. The number of H-pyrrole nitrogens is 2. The fourth-order valence-electron chi connectivity index (χ4n) is 2.49. The molecular formula is C18H18N2OS. The highest BCUT2D eigenvalue weighted by atomic mass is 32.2. The predicted octanol–water partition coefficient (Wildman–Crippen LogP) is 4.33. The monoisotopic (exact) mass is 310 g/mol. The van der Waals surface area contributed by atoms with Crippen LogP contribution in [-0.2, 0) is 0 Å². The van der Waals surface area contributed by atoms with Crippen molar-refractivity contribution in [3.05, 3.63) is 82.9 Å². The summed E-state index contributed by atoms with van der Waals surface area (Å²) in [4.78, 5) is 19.0. The van der Waals surface area contributed by atoms with Crippen molar-refractivity contribution in [1.29, 1.82) is 0 Å². The highest BCUT2D eigenvalue weighted by Gasteiger charge is 2.18. The number of aromatic nitrogens is 2. The molecule has 0 aliphatic rings. The number of carbonyl (C=O) groups is 1. The second-order valence-electron chi connectivity index (χ2n) is 5.26. The first-order chi connectivity index (χ1) is 10.7. The molecule has 0 aliphatic heterocycles. The summed E-state index contributed by atoms with van der Waals surface area (Å²) in [6.45, 7) is 2.01. The third-order valence-corrected chi connectivity index (χ3v) is 4.67.